The predicted molar refractivity (Wildman–Crippen MR) is 87.0 cm³/mol. The number of piperazine rings is 1. The number of benzene rings is 1. The van der Waals surface area contributed by atoms with Gasteiger partial charge in [0.25, 0.3) is 5.91 Å². The number of hydrogen-bond donors (Lipinski definition) is 2. The summed E-state index contributed by atoms with van der Waals surface area (Å²) in [5.41, 5.74) is 2.86. The zero-order valence-corrected chi connectivity index (χ0v) is 13.4. The van der Waals surface area contributed by atoms with Gasteiger partial charge in [-0.15, -0.1) is 0 Å². The van der Waals surface area contributed by atoms with Crippen molar-refractivity contribution in [1.82, 2.24) is 15.1 Å². The number of likely N-dealkylation sites (N-methyl/N-ethyl adjacent to an activating group) is 2. The number of aryl methyl sites for hydroxylation is 1. The van der Waals surface area contributed by atoms with Crippen LogP contribution in [0, 0.1) is 6.92 Å². The maximum absolute atomic E-state index is 12.3. The molecule has 0 aliphatic carbocycles. The molecular formula is C16H26N4O. The lowest BCUT2D eigenvalue weighted by Gasteiger charge is -2.37. The minimum Gasteiger partial charge on any atom is -0.388 e. The molecule has 1 aromatic rings. The summed E-state index contributed by atoms with van der Waals surface area (Å²) in [6.07, 6.45) is 0. The molecule has 1 saturated heterocycles. The van der Waals surface area contributed by atoms with Gasteiger partial charge in [0.05, 0.1) is 0 Å². The van der Waals surface area contributed by atoms with Crippen LogP contribution in [0.15, 0.2) is 18.2 Å². The number of carbonyl (C=O) groups is 1. The first kappa shape index (κ1) is 15.8. The van der Waals surface area contributed by atoms with Crippen molar-refractivity contribution in [2.24, 2.45) is 0 Å². The second-order valence-electron chi connectivity index (χ2n) is 5.89. The van der Waals surface area contributed by atoms with Gasteiger partial charge in [-0.3, -0.25) is 9.69 Å². The molecule has 0 spiro atoms. The minimum absolute atomic E-state index is 0.00220. The van der Waals surface area contributed by atoms with Crippen LogP contribution in [0.3, 0.4) is 0 Å². The van der Waals surface area contributed by atoms with E-state index in [1.54, 1.807) is 0 Å². The highest BCUT2D eigenvalue weighted by Crippen LogP contribution is 2.15. The Bertz CT molecular complexity index is 503. The molecule has 21 heavy (non-hydrogen) atoms. The molecule has 0 aromatic heterocycles. The Morgan fingerprint density at radius 3 is 2.76 bits per heavy atom. The van der Waals surface area contributed by atoms with Crippen LogP contribution in [-0.4, -0.2) is 69.1 Å². The third-order valence-electron chi connectivity index (χ3n) is 4.24. The van der Waals surface area contributed by atoms with Crippen LogP contribution in [0.25, 0.3) is 0 Å². The molecule has 2 N–H and O–H groups in total. The fraction of sp³-hybridized carbons (Fsp3) is 0.562. The van der Waals surface area contributed by atoms with Crippen LogP contribution in [0.2, 0.25) is 0 Å². The molecule has 0 radical (unpaired) electrons. The van der Waals surface area contributed by atoms with Crippen LogP contribution >= 0.6 is 0 Å². The maximum Gasteiger partial charge on any atom is 0.251 e. The lowest BCUT2D eigenvalue weighted by molar-refractivity contribution is 0.0881. The van der Waals surface area contributed by atoms with Crippen molar-refractivity contribution < 1.29 is 4.79 Å². The third kappa shape index (κ3) is 3.95. The van der Waals surface area contributed by atoms with Crippen LogP contribution in [0.5, 0.6) is 0 Å². The van der Waals surface area contributed by atoms with Gasteiger partial charge < -0.3 is 15.5 Å². The molecule has 1 aliphatic heterocycles. The number of anilines is 1. The smallest absolute Gasteiger partial charge is 0.251 e. The molecule has 1 aromatic carbocycles. The fourth-order valence-electron chi connectivity index (χ4n) is 2.72. The van der Waals surface area contributed by atoms with Crippen molar-refractivity contribution in [3.05, 3.63) is 29.3 Å². The summed E-state index contributed by atoms with van der Waals surface area (Å²) in [4.78, 5) is 16.9. The number of amides is 1. The number of nitrogens with one attached hydrogen (secondary N) is 2. The number of nitrogens with zero attached hydrogens (tertiary/aromatic N) is 2. The van der Waals surface area contributed by atoms with E-state index in [-0.39, 0.29) is 5.91 Å². The molecule has 5 heteroatoms. The summed E-state index contributed by atoms with van der Waals surface area (Å²) in [6, 6.07) is 6.12. The van der Waals surface area contributed by atoms with E-state index in [2.05, 4.69) is 34.5 Å². The molecular weight excluding hydrogens is 264 g/mol. The second kappa shape index (κ2) is 6.91. The SMILES string of the molecule is CNc1ccc(C(=O)NCC2CN(C)CCN2C)cc1C. The van der Waals surface area contributed by atoms with E-state index in [1.807, 2.05) is 32.2 Å². The summed E-state index contributed by atoms with van der Waals surface area (Å²) < 4.78 is 0. The average molecular weight is 290 g/mol. The molecule has 1 heterocycles. The van der Waals surface area contributed by atoms with Crippen LogP contribution in [0.1, 0.15) is 15.9 Å². The molecule has 0 saturated carbocycles. The zero-order chi connectivity index (χ0) is 15.4. The van der Waals surface area contributed by atoms with Crippen LogP contribution in [-0.2, 0) is 0 Å². The summed E-state index contributed by atoms with van der Waals surface area (Å²) in [6.45, 7) is 5.83. The lowest BCUT2D eigenvalue weighted by atomic mass is 10.1. The summed E-state index contributed by atoms with van der Waals surface area (Å²) in [5, 5.41) is 6.17. The van der Waals surface area contributed by atoms with E-state index in [0.717, 1.165) is 36.4 Å². The van der Waals surface area contributed by atoms with Crippen molar-refractivity contribution in [2.75, 3.05) is 52.6 Å². The Labute approximate surface area is 127 Å². The van der Waals surface area contributed by atoms with Gasteiger partial charge in [-0.2, -0.15) is 0 Å². The van der Waals surface area contributed by atoms with E-state index in [1.165, 1.54) is 0 Å². The van der Waals surface area contributed by atoms with Crippen molar-refractivity contribution in [3.63, 3.8) is 0 Å². The van der Waals surface area contributed by atoms with E-state index in [9.17, 15) is 4.79 Å². The largest absolute Gasteiger partial charge is 0.388 e. The highest BCUT2D eigenvalue weighted by molar-refractivity contribution is 5.94. The molecule has 1 fully saturated rings. The van der Waals surface area contributed by atoms with Gasteiger partial charge >= 0.3 is 0 Å². The van der Waals surface area contributed by atoms with Gasteiger partial charge in [0.1, 0.15) is 0 Å². The van der Waals surface area contributed by atoms with Gasteiger partial charge in [-0.25, -0.2) is 0 Å². The Morgan fingerprint density at radius 2 is 2.10 bits per heavy atom. The number of rotatable bonds is 4. The lowest BCUT2D eigenvalue weighted by Crippen LogP contribution is -2.54. The minimum atomic E-state index is 0.00220. The first-order valence-corrected chi connectivity index (χ1v) is 7.46. The normalized spacial score (nSPS) is 20.3. The van der Waals surface area contributed by atoms with Gasteiger partial charge in [0.2, 0.25) is 0 Å². The average Bonchev–Trinajstić information content (AvgIpc) is 2.47. The van der Waals surface area contributed by atoms with Crippen molar-refractivity contribution in [1.29, 1.82) is 0 Å². The third-order valence-corrected chi connectivity index (χ3v) is 4.24. The van der Waals surface area contributed by atoms with Gasteiger partial charge in [-0.05, 0) is 44.8 Å². The van der Waals surface area contributed by atoms with Crippen LogP contribution in [0.4, 0.5) is 5.69 Å². The van der Waals surface area contributed by atoms with E-state index >= 15 is 0 Å². The molecule has 116 valence electrons. The van der Waals surface area contributed by atoms with E-state index in [0.29, 0.717) is 12.6 Å². The van der Waals surface area contributed by atoms with Crippen molar-refractivity contribution in [2.45, 2.75) is 13.0 Å². The predicted octanol–water partition coefficient (Wildman–Crippen LogP) is 1.01. The van der Waals surface area contributed by atoms with E-state index in [4.69, 9.17) is 0 Å². The zero-order valence-electron chi connectivity index (χ0n) is 13.4. The molecule has 1 aliphatic rings. The molecule has 1 atom stereocenters. The van der Waals surface area contributed by atoms with E-state index < -0.39 is 0 Å². The van der Waals surface area contributed by atoms with Crippen LogP contribution < -0.4 is 10.6 Å². The standard InChI is InChI=1S/C16H26N4O/c1-12-9-13(5-6-15(12)17-2)16(21)18-10-14-11-19(3)7-8-20(14)4/h5-6,9,14,17H,7-8,10-11H2,1-4H3,(H,18,21). The first-order valence-electron chi connectivity index (χ1n) is 7.46. The fourth-order valence-corrected chi connectivity index (χ4v) is 2.72. The molecule has 5 nitrogen and oxygen atoms in total. The Kier molecular flexibility index (Phi) is 5.20. The molecule has 2 rings (SSSR count). The first-order chi connectivity index (χ1) is 10.0. The Balaban J connectivity index is 1.93. The summed E-state index contributed by atoms with van der Waals surface area (Å²) in [7, 11) is 6.13. The summed E-state index contributed by atoms with van der Waals surface area (Å²) in [5.74, 6) is 0.00220. The Hall–Kier alpha value is -1.59. The quantitative estimate of drug-likeness (QED) is 0.869. The van der Waals surface area contributed by atoms with Gasteiger partial charge in [0.15, 0.2) is 0 Å². The maximum atomic E-state index is 12.3. The second-order valence-corrected chi connectivity index (χ2v) is 5.89. The monoisotopic (exact) mass is 290 g/mol. The number of carbonyl (C=O) groups excluding carboxylic acids is 1. The topological polar surface area (TPSA) is 47.6 Å². The summed E-state index contributed by atoms with van der Waals surface area (Å²) >= 11 is 0. The Morgan fingerprint density at radius 1 is 1.33 bits per heavy atom. The highest BCUT2D eigenvalue weighted by atomic mass is 16.1. The number of hydrogen-bond acceptors (Lipinski definition) is 4. The molecule has 1 amide bonds. The molecule has 0 bridgehead atoms. The van der Waals surface area contributed by atoms with Crippen molar-refractivity contribution >= 4 is 11.6 Å². The van der Waals surface area contributed by atoms with Crippen molar-refractivity contribution in [3.8, 4) is 0 Å². The van der Waals surface area contributed by atoms with Gasteiger partial charge in [-0.1, -0.05) is 0 Å². The highest BCUT2D eigenvalue weighted by Gasteiger charge is 2.22. The van der Waals surface area contributed by atoms with Gasteiger partial charge in [0, 0.05) is 50.5 Å². The molecule has 1 unspecified atom stereocenters.